The molecule has 3 heterocycles. The van der Waals surface area contributed by atoms with Crippen LogP contribution in [0.2, 0.25) is 0 Å². The Kier molecular flexibility index (Phi) is 6.88. The first-order valence-corrected chi connectivity index (χ1v) is 12.4. The minimum absolute atomic E-state index is 0.110. The molecular weight excluding hydrogens is 459 g/mol. The largest absolute Gasteiger partial charge is 0.368 e. The summed E-state index contributed by atoms with van der Waals surface area (Å²) >= 11 is 0. The van der Waals surface area contributed by atoms with Crippen molar-refractivity contribution < 1.29 is 14.0 Å². The number of carbonyl (C=O) groups excluding carboxylic acids is 2. The zero-order valence-corrected chi connectivity index (χ0v) is 21.8. The van der Waals surface area contributed by atoms with Gasteiger partial charge in [-0.05, 0) is 70.3 Å². The van der Waals surface area contributed by atoms with Crippen LogP contribution in [0.1, 0.15) is 56.7 Å². The first kappa shape index (κ1) is 25.8. The Hall–Kier alpha value is -3.33. The van der Waals surface area contributed by atoms with E-state index in [4.69, 9.17) is 10.7 Å². The van der Waals surface area contributed by atoms with E-state index in [0.717, 1.165) is 35.0 Å². The minimum Gasteiger partial charge on any atom is -0.368 e. The number of carbonyl (C=O) groups is 2. The molecule has 1 saturated heterocycles. The summed E-state index contributed by atoms with van der Waals surface area (Å²) in [6.45, 7) is 9.90. The molecule has 192 valence electrons. The van der Waals surface area contributed by atoms with E-state index in [1.165, 1.54) is 12.1 Å². The number of halogens is 1. The van der Waals surface area contributed by atoms with Crippen molar-refractivity contribution in [2.75, 3.05) is 13.6 Å². The van der Waals surface area contributed by atoms with Crippen molar-refractivity contribution in [1.29, 1.82) is 0 Å². The van der Waals surface area contributed by atoms with E-state index in [9.17, 15) is 14.0 Å². The molecule has 0 bridgehead atoms. The Bertz CT molecular complexity index is 1320. The van der Waals surface area contributed by atoms with Crippen molar-refractivity contribution in [2.45, 2.75) is 59.0 Å². The highest BCUT2D eigenvalue weighted by Crippen LogP contribution is 2.37. The van der Waals surface area contributed by atoms with E-state index in [2.05, 4.69) is 10.3 Å². The molecule has 9 heteroatoms. The Morgan fingerprint density at radius 1 is 1.22 bits per heavy atom. The average Bonchev–Trinajstić information content (AvgIpc) is 3.43. The van der Waals surface area contributed by atoms with Gasteiger partial charge >= 0.3 is 0 Å². The number of hydrogen-bond donors (Lipinski definition) is 2. The molecule has 3 N–H and O–H groups in total. The number of likely N-dealkylation sites (tertiary alicyclic amines) is 1. The zero-order chi connectivity index (χ0) is 26.4. The van der Waals surface area contributed by atoms with Crippen molar-refractivity contribution in [1.82, 2.24) is 24.8 Å². The number of amides is 2. The number of hydrogen-bond acceptors (Lipinski definition) is 5. The van der Waals surface area contributed by atoms with Gasteiger partial charge in [-0.25, -0.2) is 14.4 Å². The molecular formula is C27H35FN6O2. The minimum atomic E-state index is -1.18. The van der Waals surface area contributed by atoms with Gasteiger partial charge in [0.1, 0.15) is 23.0 Å². The molecule has 1 fully saturated rings. The Labute approximate surface area is 211 Å². The number of nitrogens with zero attached hydrogens (tertiary/aromatic N) is 4. The summed E-state index contributed by atoms with van der Waals surface area (Å²) in [5.74, 6) is -0.444. The smallest absolute Gasteiger partial charge is 0.238 e. The fourth-order valence-corrected chi connectivity index (χ4v) is 5.57. The highest BCUT2D eigenvalue weighted by molar-refractivity contribution is 5.93. The zero-order valence-electron chi connectivity index (χ0n) is 21.8. The standard InChI is InChI=1S/C27H35FN6O2/c1-15(2)24(27(5,30-6)26(29)36)25(35)33-11-7-8-22(33)20-13-23(32-17(4)31-20)34-14-16(3)19-12-18(28)9-10-21(19)34/h9-10,12-15,22,24,30H,7-8,11H2,1-6H3,(H2,29,36)/t22-,24+,27?/m0/s1. The second-order valence-corrected chi connectivity index (χ2v) is 10.3. The summed E-state index contributed by atoms with van der Waals surface area (Å²) < 4.78 is 15.8. The van der Waals surface area contributed by atoms with Crippen molar-refractivity contribution in [3.8, 4) is 5.82 Å². The van der Waals surface area contributed by atoms with Crippen LogP contribution in [0, 0.1) is 31.5 Å². The van der Waals surface area contributed by atoms with Crippen LogP contribution in [-0.2, 0) is 9.59 Å². The number of aryl methyl sites for hydroxylation is 2. The highest BCUT2D eigenvalue weighted by Gasteiger charge is 2.48. The maximum atomic E-state index is 13.9. The van der Waals surface area contributed by atoms with E-state index < -0.39 is 17.4 Å². The lowest BCUT2D eigenvalue weighted by Gasteiger charge is -2.39. The third-order valence-corrected chi connectivity index (χ3v) is 7.52. The number of nitrogens with two attached hydrogens (primary N) is 1. The molecule has 2 aromatic heterocycles. The van der Waals surface area contributed by atoms with Crippen LogP contribution in [-0.4, -0.2) is 50.4 Å². The molecule has 0 aliphatic carbocycles. The monoisotopic (exact) mass is 494 g/mol. The molecule has 0 saturated carbocycles. The maximum Gasteiger partial charge on any atom is 0.238 e. The highest BCUT2D eigenvalue weighted by atomic mass is 19.1. The number of benzene rings is 1. The summed E-state index contributed by atoms with van der Waals surface area (Å²) in [6.07, 6.45) is 3.53. The molecule has 36 heavy (non-hydrogen) atoms. The van der Waals surface area contributed by atoms with E-state index in [1.54, 1.807) is 20.0 Å². The molecule has 1 aliphatic rings. The van der Waals surface area contributed by atoms with E-state index in [-0.39, 0.29) is 23.7 Å². The van der Waals surface area contributed by atoms with Gasteiger partial charge in [-0.1, -0.05) is 13.8 Å². The van der Waals surface area contributed by atoms with Gasteiger partial charge in [0.2, 0.25) is 11.8 Å². The normalized spacial score (nSPS) is 18.6. The number of aromatic nitrogens is 3. The molecule has 1 aliphatic heterocycles. The number of likely N-dealkylation sites (N-methyl/N-ethyl adjacent to an activating group) is 1. The summed E-state index contributed by atoms with van der Waals surface area (Å²) in [5, 5.41) is 3.83. The molecule has 1 unspecified atom stereocenters. The predicted octanol–water partition coefficient (Wildman–Crippen LogP) is 3.58. The summed E-state index contributed by atoms with van der Waals surface area (Å²) in [7, 11) is 1.66. The average molecular weight is 495 g/mol. The van der Waals surface area contributed by atoms with Gasteiger partial charge in [0, 0.05) is 24.2 Å². The van der Waals surface area contributed by atoms with Gasteiger partial charge in [0.05, 0.1) is 23.2 Å². The van der Waals surface area contributed by atoms with Crippen molar-refractivity contribution >= 4 is 22.7 Å². The van der Waals surface area contributed by atoms with Crippen LogP contribution in [0.15, 0.2) is 30.5 Å². The van der Waals surface area contributed by atoms with Crippen LogP contribution in [0.25, 0.3) is 16.7 Å². The third-order valence-electron chi connectivity index (χ3n) is 7.52. The maximum absolute atomic E-state index is 13.9. The van der Waals surface area contributed by atoms with Gasteiger partial charge in [-0.3, -0.25) is 9.59 Å². The van der Waals surface area contributed by atoms with Crippen molar-refractivity contribution in [3.63, 3.8) is 0 Å². The lowest BCUT2D eigenvalue weighted by atomic mass is 9.76. The van der Waals surface area contributed by atoms with Gasteiger partial charge in [-0.2, -0.15) is 0 Å². The fraction of sp³-hybridized carbons (Fsp3) is 0.481. The van der Waals surface area contributed by atoms with Crippen LogP contribution in [0.5, 0.6) is 0 Å². The van der Waals surface area contributed by atoms with Crippen LogP contribution >= 0.6 is 0 Å². The summed E-state index contributed by atoms with van der Waals surface area (Å²) in [6, 6.07) is 6.37. The van der Waals surface area contributed by atoms with Gasteiger partial charge in [-0.15, -0.1) is 0 Å². The van der Waals surface area contributed by atoms with Crippen molar-refractivity contribution in [2.24, 2.45) is 17.6 Å². The first-order valence-electron chi connectivity index (χ1n) is 12.4. The second-order valence-electron chi connectivity index (χ2n) is 10.3. The number of primary amides is 1. The third kappa shape index (κ3) is 4.36. The molecule has 3 aromatic rings. The lowest BCUT2D eigenvalue weighted by molar-refractivity contribution is -0.145. The quantitative estimate of drug-likeness (QED) is 0.522. The topological polar surface area (TPSA) is 106 Å². The van der Waals surface area contributed by atoms with Crippen LogP contribution in [0.4, 0.5) is 4.39 Å². The van der Waals surface area contributed by atoms with E-state index in [0.29, 0.717) is 18.2 Å². The lowest BCUT2D eigenvalue weighted by Crippen LogP contribution is -2.62. The molecule has 4 rings (SSSR count). The Balaban J connectivity index is 1.75. The molecule has 8 nitrogen and oxygen atoms in total. The van der Waals surface area contributed by atoms with Crippen molar-refractivity contribution in [3.05, 3.63) is 53.4 Å². The van der Waals surface area contributed by atoms with Gasteiger partial charge < -0.3 is 20.5 Å². The fourth-order valence-electron chi connectivity index (χ4n) is 5.57. The number of fused-ring (bicyclic) bond motifs is 1. The predicted molar refractivity (Wildman–Crippen MR) is 137 cm³/mol. The number of rotatable bonds is 7. The second kappa shape index (κ2) is 9.61. The van der Waals surface area contributed by atoms with Gasteiger partial charge in [0.25, 0.3) is 0 Å². The van der Waals surface area contributed by atoms with E-state index >= 15 is 0 Å². The molecule has 2 amide bonds. The Morgan fingerprint density at radius 2 is 1.94 bits per heavy atom. The number of nitrogens with one attached hydrogen (secondary N) is 1. The summed E-state index contributed by atoms with van der Waals surface area (Å²) in [4.78, 5) is 37.5. The van der Waals surface area contributed by atoms with Crippen LogP contribution < -0.4 is 11.1 Å². The Morgan fingerprint density at radius 3 is 2.58 bits per heavy atom. The van der Waals surface area contributed by atoms with Crippen LogP contribution in [0.3, 0.4) is 0 Å². The molecule has 3 atom stereocenters. The summed E-state index contributed by atoms with van der Waals surface area (Å²) in [5.41, 5.74) is 7.11. The SMILES string of the molecule is CNC(C)(C(N)=O)[C@@H](C(=O)N1CCC[C@H]1c1cc(-n2cc(C)c3cc(F)ccc32)nc(C)n1)C(C)C. The van der Waals surface area contributed by atoms with Gasteiger partial charge in [0.15, 0.2) is 0 Å². The molecule has 0 spiro atoms. The van der Waals surface area contributed by atoms with E-state index in [1.807, 2.05) is 49.4 Å². The molecule has 1 aromatic carbocycles. The first-order chi connectivity index (χ1) is 17.0. The molecule has 0 radical (unpaired) electrons.